The average Bonchev–Trinajstić information content (AvgIpc) is 2.77. The third-order valence-electron chi connectivity index (χ3n) is 2.17. The lowest BCUT2D eigenvalue weighted by atomic mass is 10.4. The lowest BCUT2D eigenvalue weighted by Crippen LogP contribution is -2.28. The fourth-order valence-electron chi connectivity index (χ4n) is 1.19. The number of nitrogens with one attached hydrogen (secondary N) is 2. The van der Waals surface area contributed by atoms with Crippen molar-refractivity contribution >= 4 is 26.7 Å². The minimum atomic E-state index is -3.81. The first-order valence-electron chi connectivity index (χ1n) is 5.19. The van der Waals surface area contributed by atoms with Crippen LogP contribution < -0.4 is 10.5 Å². The van der Waals surface area contributed by atoms with Crippen molar-refractivity contribution < 1.29 is 17.4 Å². The molecule has 7 nitrogen and oxygen atoms in total. The van der Waals surface area contributed by atoms with E-state index in [1.54, 1.807) is 6.92 Å². The van der Waals surface area contributed by atoms with E-state index in [1.165, 1.54) is 0 Å². The number of carbonyl (C=O) groups excluding carboxylic acids is 1. The number of amides is 1. The molecule has 0 aliphatic rings. The van der Waals surface area contributed by atoms with E-state index in [0.29, 0.717) is 11.5 Å². The Morgan fingerprint density at radius 2 is 2.22 bits per heavy atom. The van der Waals surface area contributed by atoms with Crippen LogP contribution in [0.4, 0.5) is 0 Å². The van der Waals surface area contributed by atoms with Crippen molar-refractivity contribution in [2.75, 3.05) is 18.1 Å². The van der Waals surface area contributed by atoms with E-state index in [9.17, 15) is 17.4 Å². The van der Waals surface area contributed by atoms with Crippen molar-refractivity contribution in [3.05, 3.63) is 18.0 Å². The van der Waals surface area contributed by atoms with Gasteiger partial charge in [-0.3, -0.25) is 9.00 Å². The Bertz CT molecular complexity index is 550. The topological polar surface area (TPSA) is 122 Å². The summed E-state index contributed by atoms with van der Waals surface area (Å²) in [6.45, 7) is 2.06. The van der Waals surface area contributed by atoms with Gasteiger partial charge >= 0.3 is 0 Å². The molecule has 0 aliphatic carbocycles. The van der Waals surface area contributed by atoms with Crippen LogP contribution in [0.1, 0.15) is 17.4 Å². The number of hydrogen-bond donors (Lipinski definition) is 3. The first-order valence-corrected chi connectivity index (χ1v) is 8.22. The van der Waals surface area contributed by atoms with Crippen LogP contribution in [0.2, 0.25) is 0 Å². The maximum Gasteiger partial charge on any atom is 0.267 e. The molecule has 9 heteroatoms. The molecule has 1 heterocycles. The second-order valence-corrected chi connectivity index (χ2v) is 6.91. The van der Waals surface area contributed by atoms with E-state index < -0.39 is 26.7 Å². The highest BCUT2D eigenvalue weighted by Crippen LogP contribution is 2.08. The average molecular weight is 293 g/mol. The summed E-state index contributed by atoms with van der Waals surface area (Å²) in [5.41, 5.74) is 0.0984. The smallest absolute Gasteiger partial charge is 0.267 e. The van der Waals surface area contributed by atoms with Crippen molar-refractivity contribution in [2.24, 2.45) is 5.14 Å². The zero-order chi connectivity index (χ0) is 13.8. The first kappa shape index (κ1) is 14.9. The minimum absolute atomic E-state index is 0.0984. The summed E-state index contributed by atoms with van der Waals surface area (Å²) in [7, 11) is -4.76. The predicted molar refractivity (Wildman–Crippen MR) is 68.0 cm³/mol. The maximum atomic E-state index is 11.6. The van der Waals surface area contributed by atoms with Crippen LogP contribution in [0.15, 0.2) is 17.2 Å². The van der Waals surface area contributed by atoms with Crippen molar-refractivity contribution in [1.82, 2.24) is 10.3 Å². The number of H-pyrrole nitrogens is 1. The summed E-state index contributed by atoms with van der Waals surface area (Å²) in [6.07, 6.45) is 1.15. The van der Waals surface area contributed by atoms with E-state index >= 15 is 0 Å². The monoisotopic (exact) mass is 293 g/mol. The molecule has 1 aromatic rings. The Kier molecular flexibility index (Phi) is 5.05. The molecule has 0 aliphatic heterocycles. The van der Waals surface area contributed by atoms with Crippen LogP contribution in [-0.4, -0.2) is 41.6 Å². The Morgan fingerprint density at radius 3 is 2.72 bits per heavy atom. The van der Waals surface area contributed by atoms with Gasteiger partial charge in [-0.2, -0.15) is 0 Å². The molecule has 0 bridgehead atoms. The highest BCUT2D eigenvalue weighted by molar-refractivity contribution is 7.89. The molecule has 1 rings (SSSR count). The summed E-state index contributed by atoms with van der Waals surface area (Å²) in [6, 6.07) is 1.15. The Labute approximate surface area is 108 Å². The molecule has 0 saturated carbocycles. The van der Waals surface area contributed by atoms with Gasteiger partial charge in [-0.25, -0.2) is 13.6 Å². The normalized spacial score (nSPS) is 13.2. The summed E-state index contributed by atoms with van der Waals surface area (Å²) in [4.78, 5) is 13.9. The molecule has 1 aromatic heterocycles. The molecule has 0 radical (unpaired) electrons. The lowest BCUT2D eigenvalue weighted by molar-refractivity contribution is 0.0951. The quantitative estimate of drug-likeness (QED) is 0.633. The standard InChI is InChI=1S/C9H15N3O4S2/c1-2-17(14)4-3-11-9(13)8-5-7(6-12-8)18(10,15)16/h5-6,12H,2-4H2,1H3,(H,11,13)(H2,10,15,16). The second-order valence-electron chi connectivity index (χ2n) is 3.48. The molecule has 1 atom stereocenters. The molecule has 0 aromatic carbocycles. The van der Waals surface area contributed by atoms with Gasteiger partial charge in [0.05, 0.1) is 4.90 Å². The number of aromatic nitrogens is 1. The zero-order valence-electron chi connectivity index (χ0n) is 9.80. The molecule has 1 amide bonds. The van der Waals surface area contributed by atoms with Crippen LogP contribution in [0.3, 0.4) is 0 Å². The van der Waals surface area contributed by atoms with Crippen LogP contribution in [0, 0.1) is 0 Å². The first-order chi connectivity index (χ1) is 8.34. The highest BCUT2D eigenvalue weighted by Gasteiger charge is 2.14. The number of aromatic amines is 1. The highest BCUT2D eigenvalue weighted by atomic mass is 32.2. The Hall–Kier alpha value is -1.19. The third-order valence-corrected chi connectivity index (χ3v) is 4.36. The molecule has 102 valence electrons. The molecule has 0 saturated heterocycles. The van der Waals surface area contributed by atoms with Crippen LogP contribution in [-0.2, 0) is 20.8 Å². The van der Waals surface area contributed by atoms with Gasteiger partial charge < -0.3 is 10.3 Å². The van der Waals surface area contributed by atoms with Crippen LogP contribution in [0.25, 0.3) is 0 Å². The summed E-state index contributed by atoms with van der Waals surface area (Å²) < 4.78 is 33.1. The Balaban J connectivity index is 2.58. The third kappa shape index (κ3) is 4.24. The van der Waals surface area contributed by atoms with Gasteiger partial charge in [-0.1, -0.05) is 6.92 Å². The second kappa shape index (κ2) is 6.12. The fraction of sp³-hybridized carbons (Fsp3) is 0.444. The van der Waals surface area contributed by atoms with E-state index in [-0.39, 0.29) is 17.1 Å². The zero-order valence-corrected chi connectivity index (χ0v) is 11.4. The molecule has 18 heavy (non-hydrogen) atoms. The van der Waals surface area contributed by atoms with Crippen LogP contribution >= 0.6 is 0 Å². The summed E-state index contributed by atoms with van der Waals surface area (Å²) in [5.74, 6) is 0.442. The van der Waals surface area contributed by atoms with E-state index in [1.807, 2.05) is 0 Å². The number of primary sulfonamides is 1. The van der Waals surface area contributed by atoms with E-state index in [0.717, 1.165) is 12.3 Å². The number of carbonyl (C=O) groups is 1. The van der Waals surface area contributed by atoms with E-state index in [4.69, 9.17) is 5.14 Å². The van der Waals surface area contributed by atoms with Gasteiger partial charge in [0.25, 0.3) is 5.91 Å². The van der Waals surface area contributed by atoms with Crippen LogP contribution in [0.5, 0.6) is 0 Å². The minimum Gasteiger partial charge on any atom is -0.356 e. The molecule has 0 fully saturated rings. The fourth-order valence-corrected chi connectivity index (χ4v) is 2.31. The molecular formula is C9H15N3O4S2. The van der Waals surface area contributed by atoms with E-state index in [2.05, 4.69) is 10.3 Å². The largest absolute Gasteiger partial charge is 0.356 e. The molecular weight excluding hydrogens is 278 g/mol. The number of rotatable bonds is 6. The molecule has 0 spiro atoms. The summed E-state index contributed by atoms with van der Waals surface area (Å²) >= 11 is 0. The van der Waals surface area contributed by atoms with Gasteiger partial charge in [0, 0.05) is 35.0 Å². The van der Waals surface area contributed by atoms with Gasteiger partial charge in [0.1, 0.15) is 5.69 Å². The molecule has 4 N–H and O–H groups in total. The van der Waals surface area contributed by atoms with Crippen molar-refractivity contribution in [1.29, 1.82) is 0 Å². The summed E-state index contributed by atoms with van der Waals surface area (Å²) in [5, 5.41) is 7.44. The van der Waals surface area contributed by atoms with Crippen molar-refractivity contribution in [3.63, 3.8) is 0 Å². The van der Waals surface area contributed by atoms with Crippen molar-refractivity contribution in [3.8, 4) is 0 Å². The Morgan fingerprint density at radius 1 is 1.56 bits per heavy atom. The van der Waals surface area contributed by atoms with Gasteiger partial charge in [0.2, 0.25) is 10.0 Å². The lowest BCUT2D eigenvalue weighted by Gasteiger charge is -2.02. The predicted octanol–water partition coefficient (Wildman–Crippen LogP) is -0.839. The van der Waals surface area contributed by atoms with Crippen molar-refractivity contribution in [2.45, 2.75) is 11.8 Å². The SMILES string of the molecule is CCS(=O)CCNC(=O)c1cc(S(N)(=O)=O)c[nH]1. The molecule has 1 unspecified atom stereocenters. The van der Waals surface area contributed by atoms with Gasteiger partial charge in [-0.05, 0) is 6.07 Å². The van der Waals surface area contributed by atoms with Gasteiger partial charge in [0.15, 0.2) is 0 Å². The van der Waals surface area contributed by atoms with Gasteiger partial charge in [-0.15, -0.1) is 0 Å². The number of nitrogens with two attached hydrogens (primary N) is 1. The maximum absolute atomic E-state index is 11.6. The number of sulfonamides is 1. The number of hydrogen-bond acceptors (Lipinski definition) is 4.